The molecule has 3 saturated heterocycles. The number of rotatable bonds is 11. The summed E-state index contributed by atoms with van der Waals surface area (Å²) >= 11 is 6.68. The summed E-state index contributed by atoms with van der Waals surface area (Å²) in [6.45, 7) is 9.04. The van der Waals surface area contributed by atoms with Crippen molar-refractivity contribution < 1.29 is 14.4 Å². The summed E-state index contributed by atoms with van der Waals surface area (Å²) in [4.78, 5) is 55.1. The van der Waals surface area contributed by atoms with Gasteiger partial charge in [0.15, 0.2) is 11.5 Å². The number of piperidine rings is 2. The maximum Gasteiger partial charge on any atom is 0.269 e. The fourth-order valence-corrected chi connectivity index (χ4v) is 9.60. The monoisotopic (exact) mass is 857 g/mol. The summed E-state index contributed by atoms with van der Waals surface area (Å²) in [6.07, 6.45) is 13.2. The first kappa shape index (κ1) is 41.8. The van der Waals surface area contributed by atoms with Crippen LogP contribution < -0.4 is 26.2 Å². The van der Waals surface area contributed by atoms with Crippen molar-refractivity contribution in [1.29, 1.82) is 0 Å². The maximum absolute atomic E-state index is 12.4. The minimum atomic E-state index is -0.576. The van der Waals surface area contributed by atoms with E-state index in [4.69, 9.17) is 27.4 Å². The first-order valence-electron chi connectivity index (χ1n) is 22.3. The van der Waals surface area contributed by atoms with Crippen LogP contribution in [0.25, 0.3) is 16.9 Å². The Labute approximate surface area is 367 Å². The minimum Gasteiger partial charge on any atom is -0.385 e. The van der Waals surface area contributed by atoms with E-state index in [2.05, 4.69) is 71.6 Å². The van der Waals surface area contributed by atoms with E-state index in [1.165, 1.54) is 47.5 Å². The van der Waals surface area contributed by atoms with Gasteiger partial charge in [-0.3, -0.25) is 29.6 Å². The largest absolute Gasteiger partial charge is 0.385 e. The number of carbonyl (C=O) groups is 3. The second-order valence-corrected chi connectivity index (χ2v) is 17.7. The van der Waals surface area contributed by atoms with Gasteiger partial charge in [0.1, 0.15) is 5.69 Å². The number of aromatic nitrogens is 4. The van der Waals surface area contributed by atoms with Gasteiger partial charge in [0.2, 0.25) is 11.8 Å². The van der Waals surface area contributed by atoms with Gasteiger partial charge >= 0.3 is 0 Å². The highest BCUT2D eigenvalue weighted by atomic mass is 35.5. The molecule has 10 rings (SSSR count). The molecule has 0 radical (unpaired) electrons. The number of benzene rings is 2. The average Bonchev–Trinajstić information content (AvgIpc) is 4.01. The SMILES string of the molecule is C1CC1.CNc1cc(N2CCc3c(-c4ccc(CN5CCN(CCC6CCN(c7ccc(C8CCC(=O)NC8=O)c(Cl)c7)CC6)CC5)cn4)cccc32)nn2c(C(N)=O)cnc12. The zero-order valence-corrected chi connectivity index (χ0v) is 36.2. The summed E-state index contributed by atoms with van der Waals surface area (Å²) in [7, 11) is 1.83. The van der Waals surface area contributed by atoms with Crippen molar-refractivity contribution in [2.24, 2.45) is 11.7 Å². The van der Waals surface area contributed by atoms with Gasteiger partial charge in [0, 0.05) is 100 Å². The Bertz CT molecular complexity index is 2440. The summed E-state index contributed by atoms with van der Waals surface area (Å²) in [5, 5.41) is 11.0. The van der Waals surface area contributed by atoms with Crippen LogP contribution in [-0.2, 0) is 22.6 Å². The van der Waals surface area contributed by atoms with Gasteiger partial charge in [0.05, 0.1) is 23.5 Å². The molecule has 4 aliphatic heterocycles. The lowest BCUT2D eigenvalue weighted by atomic mass is 9.90. The first-order chi connectivity index (χ1) is 30.2. The van der Waals surface area contributed by atoms with Gasteiger partial charge in [-0.15, -0.1) is 5.10 Å². The quantitative estimate of drug-likeness (QED) is 0.127. The van der Waals surface area contributed by atoms with Gasteiger partial charge in [-0.25, -0.2) is 9.50 Å². The number of amides is 3. The zero-order valence-electron chi connectivity index (χ0n) is 35.5. The number of hydrogen-bond donors (Lipinski definition) is 3. The van der Waals surface area contributed by atoms with Crippen LogP contribution in [0.2, 0.25) is 5.02 Å². The Balaban J connectivity index is 0.00000157. The fraction of sp³-hybridized carbons (Fsp3) is 0.447. The van der Waals surface area contributed by atoms with Gasteiger partial charge in [-0.1, -0.05) is 55.1 Å². The average molecular weight is 858 g/mol. The van der Waals surface area contributed by atoms with E-state index in [-0.39, 0.29) is 23.4 Å². The van der Waals surface area contributed by atoms with Crippen molar-refractivity contribution >= 4 is 57.8 Å². The molecule has 7 heterocycles. The number of imidazole rings is 1. The van der Waals surface area contributed by atoms with Crippen molar-refractivity contribution in [1.82, 2.24) is 34.7 Å². The Morgan fingerprint density at radius 2 is 1.68 bits per heavy atom. The highest BCUT2D eigenvalue weighted by Crippen LogP contribution is 2.40. The van der Waals surface area contributed by atoms with E-state index >= 15 is 0 Å². The molecule has 1 aliphatic carbocycles. The van der Waals surface area contributed by atoms with E-state index in [9.17, 15) is 14.4 Å². The predicted octanol–water partition coefficient (Wildman–Crippen LogP) is 6.39. The summed E-state index contributed by atoms with van der Waals surface area (Å²) < 4.78 is 1.52. The highest BCUT2D eigenvalue weighted by Gasteiger charge is 2.31. The number of primary amides is 1. The third kappa shape index (κ3) is 9.13. The maximum atomic E-state index is 12.4. The van der Waals surface area contributed by atoms with Crippen molar-refractivity contribution in [2.45, 2.75) is 70.3 Å². The van der Waals surface area contributed by atoms with E-state index in [1.807, 2.05) is 31.4 Å². The zero-order chi connectivity index (χ0) is 42.7. The number of nitrogens with one attached hydrogen (secondary N) is 2. The van der Waals surface area contributed by atoms with Crippen LogP contribution in [0.15, 0.2) is 67.0 Å². The number of pyridine rings is 1. The number of anilines is 4. The molecular weight excluding hydrogens is 802 g/mol. The summed E-state index contributed by atoms with van der Waals surface area (Å²) in [5.41, 5.74) is 14.7. The molecule has 15 heteroatoms. The van der Waals surface area contributed by atoms with Crippen LogP contribution in [0, 0.1) is 5.92 Å². The molecule has 3 aromatic heterocycles. The molecule has 3 amide bonds. The van der Waals surface area contributed by atoms with Crippen LogP contribution in [0.1, 0.15) is 84.5 Å². The Kier molecular flexibility index (Phi) is 12.4. The van der Waals surface area contributed by atoms with Crippen molar-refractivity contribution in [2.75, 3.05) is 74.5 Å². The number of nitrogens with two attached hydrogens (primary N) is 1. The molecule has 1 saturated carbocycles. The molecule has 0 spiro atoms. The van der Waals surface area contributed by atoms with Crippen LogP contribution in [0.5, 0.6) is 0 Å². The molecule has 0 bridgehead atoms. The predicted molar refractivity (Wildman–Crippen MR) is 243 cm³/mol. The Morgan fingerprint density at radius 3 is 2.37 bits per heavy atom. The number of carbonyl (C=O) groups excluding carboxylic acids is 3. The lowest BCUT2D eigenvalue weighted by Gasteiger charge is -2.37. The van der Waals surface area contributed by atoms with Crippen LogP contribution in [0.3, 0.4) is 0 Å². The first-order valence-corrected chi connectivity index (χ1v) is 22.6. The number of imide groups is 1. The molecule has 4 fully saturated rings. The lowest BCUT2D eigenvalue weighted by Crippen LogP contribution is -2.46. The second-order valence-electron chi connectivity index (χ2n) is 17.3. The van der Waals surface area contributed by atoms with Gasteiger partial charge in [-0.2, -0.15) is 0 Å². The summed E-state index contributed by atoms with van der Waals surface area (Å²) in [6, 6.07) is 18.7. The van der Waals surface area contributed by atoms with Crippen molar-refractivity contribution in [3.8, 4) is 11.3 Å². The second kappa shape index (κ2) is 18.4. The molecule has 14 nitrogen and oxygen atoms in total. The van der Waals surface area contributed by atoms with Crippen molar-refractivity contribution in [3.05, 3.63) is 94.4 Å². The molecule has 62 heavy (non-hydrogen) atoms. The number of piperazine rings is 1. The molecule has 1 unspecified atom stereocenters. The number of nitrogens with zero attached hydrogens (tertiary/aromatic N) is 8. The van der Waals surface area contributed by atoms with E-state index in [1.54, 1.807) is 0 Å². The summed E-state index contributed by atoms with van der Waals surface area (Å²) in [5.74, 6) is 0.0149. The van der Waals surface area contributed by atoms with Crippen LogP contribution in [0.4, 0.5) is 22.9 Å². The number of hydrogen-bond acceptors (Lipinski definition) is 11. The third-order valence-corrected chi connectivity index (χ3v) is 13.4. The van der Waals surface area contributed by atoms with E-state index in [0.717, 1.165) is 112 Å². The van der Waals surface area contributed by atoms with E-state index in [0.29, 0.717) is 35.2 Å². The highest BCUT2D eigenvalue weighted by molar-refractivity contribution is 6.32. The molecule has 324 valence electrons. The number of fused-ring (bicyclic) bond motifs is 2. The molecule has 4 N–H and O–H groups in total. The molecular formula is C47H56ClN11O3. The molecule has 2 aromatic carbocycles. The third-order valence-electron chi connectivity index (χ3n) is 13.0. The van der Waals surface area contributed by atoms with Gasteiger partial charge in [0.25, 0.3) is 5.91 Å². The topological polar surface area (TPSA) is 157 Å². The van der Waals surface area contributed by atoms with Gasteiger partial charge < -0.3 is 25.8 Å². The van der Waals surface area contributed by atoms with E-state index < -0.39 is 5.91 Å². The van der Waals surface area contributed by atoms with Crippen LogP contribution >= 0.6 is 11.6 Å². The normalized spacial score (nSPS) is 19.5. The lowest BCUT2D eigenvalue weighted by molar-refractivity contribution is -0.134. The minimum absolute atomic E-state index is 0.212. The molecule has 1 atom stereocenters. The molecule has 5 aliphatic rings. The Hall–Kier alpha value is -5.57. The van der Waals surface area contributed by atoms with Crippen molar-refractivity contribution in [3.63, 3.8) is 0 Å². The molecule has 5 aromatic rings. The van der Waals surface area contributed by atoms with Gasteiger partial charge in [-0.05, 0) is 85.5 Å². The standard InChI is InChI=1S/C44H50ClN11O3.C3H6/c1-47-37-24-40(51-56-39(42(46)58)26-49-43(37)56)55-18-14-33-32(3-2-4-38(33)55)36-9-5-29(25-48-36)27-53-21-19-52(20-22-53)15-11-28-12-16-54(17-13-28)30-6-7-31(35(45)23-30)34-8-10-41(57)50-44(34)59;1-2-3-1/h2-7,9,23-26,28,34,47H,8,10-22,27H2,1H3,(H2,46,58)(H,50,57,59);1-3H2. The Morgan fingerprint density at radius 1 is 0.887 bits per heavy atom. The number of halogens is 1. The smallest absolute Gasteiger partial charge is 0.269 e. The van der Waals surface area contributed by atoms with Crippen LogP contribution in [-0.4, -0.2) is 107 Å². The fourth-order valence-electron chi connectivity index (χ4n) is 9.29.